The van der Waals surface area contributed by atoms with E-state index in [4.69, 9.17) is 10.5 Å². The van der Waals surface area contributed by atoms with Crippen LogP contribution < -0.4 is 5.73 Å². The van der Waals surface area contributed by atoms with Crippen LogP contribution in [0.3, 0.4) is 0 Å². The molecule has 0 spiro atoms. The van der Waals surface area contributed by atoms with E-state index in [0.29, 0.717) is 13.2 Å². The Balaban J connectivity index is 3.27. The summed E-state index contributed by atoms with van der Waals surface area (Å²) in [6, 6.07) is 0. The third kappa shape index (κ3) is 3.97. The molecule has 0 saturated heterocycles. The van der Waals surface area contributed by atoms with Gasteiger partial charge in [0.25, 0.3) is 0 Å². The van der Waals surface area contributed by atoms with Gasteiger partial charge in [0.05, 0.1) is 12.5 Å². The van der Waals surface area contributed by atoms with Crippen LogP contribution in [0.15, 0.2) is 0 Å². The molecule has 0 radical (unpaired) electrons. The number of amides is 1. The van der Waals surface area contributed by atoms with Crippen LogP contribution in [0, 0.1) is 5.92 Å². The van der Waals surface area contributed by atoms with Gasteiger partial charge in [-0.15, -0.1) is 0 Å². The predicted molar refractivity (Wildman–Crippen MR) is 34.9 cm³/mol. The lowest BCUT2D eigenvalue weighted by molar-refractivity contribution is -0.123. The molecule has 3 nitrogen and oxygen atoms in total. The van der Waals surface area contributed by atoms with Gasteiger partial charge in [-0.2, -0.15) is 0 Å². The molecule has 0 aromatic heterocycles. The lowest BCUT2D eigenvalue weighted by Crippen LogP contribution is -2.24. The molecule has 0 rings (SSSR count). The van der Waals surface area contributed by atoms with Gasteiger partial charge >= 0.3 is 0 Å². The first-order valence-corrected chi connectivity index (χ1v) is 3.05. The molecule has 0 saturated carbocycles. The Morgan fingerprint density at radius 3 is 2.67 bits per heavy atom. The maximum absolute atomic E-state index is 10.3. The molecule has 1 amide bonds. The minimum absolute atomic E-state index is 0.162. The largest absolute Gasteiger partial charge is 0.381 e. The van der Waals surface area contributed by atoms with E-state index in [0.717, 1.165) is 0 Å². The number of carbonyl (C=O) groups is 1. The third-order valence-corrected chi connectivity index (χ3v) is 1.06. The molecular formula is C6H13NO2. The second kappa shape index (κ2) is 4.32. The summed E-state index contributed by atoms with van der Waals surface area (Å²) in [4.78, 5) is 10.3. The van der Waals surface area contributed by atoms with Crippen LogP contribution >= 0.6 is 0 Å². The van der Waals surface area contributed by atoms with E-state index < -0.39 is 0 Å². The minimum atomic E-state index is -0.302. The fourth-order valence-corrected chi connectivity index (χ4v) is 0.377. The van der Waals surface area contributed by atoms with E-state index in [9.17, 15) is 4.79 Å². The van der Waals surface area contributed by atoms with Gasteiger partial charge in [0.2, 0.25) is 5.91 Å². The Bertz CT molecular complexity index is 93.1. The Labute approximate surface area is 55.2 Å². The monoisotopic (exact) mass is 131 g/mol. The SMILES string of the molecule is CCOCC(C)C(N)=O. The van der Waals surface area contributed by atoms with Crippen LogP contribution in [0.25, 0.3) is 0 Å². The summed E-state index contributed by atoms with van der Waals surface area (Å²) in [7, 11) is 0. The number of rotatable bonds is 4. The van der Waals surface area contributed by atoms with Crippen molar-refractivity contribution >= 4 is 5.91 Å². The van der Waals surface area contributed by atoms with Crippen LogP contribution in [0.1, 0.15) is 13.8 Å². The Kier molecular flexibility index (Phi) is 4.05. The van der Waals surface area contributed by atoms with Crippen molar-refractivity contribution in [2.75, 3.05) is 13.2 Å². The Morgan fingerprint density at radius 1 is 1.78 bits per heavy atom. The van der Waals surface area contributed by atoms with Gasteiger partial charge in [0, 0.05) is 6.61 Å². The molecule has 0 fully saturated rings. The number of hydrogen-bond acceptors (Lipinski definition) is 2. The van der Waals surface area contributed by atoms with Crippen molar-refractivity contribution in [1.29, 1.82) is 0 Å². The third-order valence-electron chi connectivity index (χ3n) is 1.06. The average Bonchev–Trinajstić information content (AvgIpc) is 1.82. The molecule has 0 aliphatic carbocycles. The highest BCUT2D eigenvalue weighted by atomic mass is 16.5. The number of hydrogen-bond donors (Lipinski definition) is 1. The van der Waals surface area contributed by atoms with Gasteiger partial charge in [-0.1, -0.05) is 6.92 Å². The van der Waals surface area contributed by atoms with E-state index in [1.807, 2.05) is 6.92 Å². The van der Waals surface area contributed by atoms with E-state index in [1.165, 1.54) is 0 Å². The van der Waals surface area contributed by atoms with Crippen molar-refractivity contribution in [3.63, 3.8) is 0 Å². The smallest absolute Gasteiger partial charge is 0.222 e. The maximum atomic E-state index is 10.3. The molecule has 3 heteroatoms. The van der Waals surface area contributed by atoms with E-state index in [1.54, 1.807) is 6.92 Å². The highest BCUT2D eigenvalue weighted by Crippen LogP contribution is 1.92. The normalized spacial score (nSPS) is 13.1. The zero-order chi connectivity index (χ0) is 7.28. The lowest BCUT2D eigenvalue weighted by Gasteiger charge is -2.04. The first-order valence-electron chi connectivity index (χ1n) is 3.05. The van der Waals surface area contributed by atoms with Crippen LogP contribution in [0.2, 0.25) is 0 Å². The van der Waals surface area contributed by atoms with Gasteiger partial charge in [-0.05, 0) is 6.92 Å². The summed E-state index contributed by atoms with van der Waals surface area (Å²) in [6.45, 7) is 4.70. The second-order valence-corrected chi connectivity index (χ2v) is 1.96. The molecule has 2 N–H and O–H groups in total. The number of nitrogens with two attached hydrogens (primary N) is 1. The lowest BCUT2D eigenvalue weighted by atomic mass is 10.2. The molecule has 0 heterocycles. The summed E-state index contributed by atoms with van der Waals surface area (Å²) in [5.41, 5.74) is 4.96. The van der Waals surface area contributed by atoms with E-state index >= 15 is 0 Å². The molecule has 0 aromatic rings. The van der Waals surface area contributed by atoms with Crippen molar-refractivity contribution in [2.45, 2.75) is 13.8 Å². The van der Waals surface area contributed by atoms with Crippen LogP contribution in [-0.2, 0) is 9.53 Å². The predicted octanol–water partition coefficient (Wildman–Crippen LogP) is 0.144. The molecule has 0 aliphatic heterocycles. The maximum Gasteiger partial charge on any atom is 0.222 e. The first kappa shape index (κ1) is 8.43. The van der Waals surface area contributed by atoms with Gasteiger partial charge in [0.1, 0.15) is 0 Å². The summed E-state index contributed by atoms with van der Waals surface area (Å²) < 4.78 is 4.96. The molecule has 0 aromatic carbocycles. The molecule has 1 unspecified atom stereocenters. The zero-order valence-corrected chi connectivity index (χ0v) is 5.89. The zero-order valence-electron chi connectivity index (χ0n) is 5.89. The molecule has 0 aliphatic rings. The van der Waals surface area contributed by atoms with Gasteiger partial charge in [0.15, 0.2) is 0 Å². The van der Waals surface area contributed by atoms with Crippen LogP contribution in [0.4, 0.5) is 0 Å². The number of ether oxygens (including phenoxy) is 1. The number of carbonyl (C=O) groups excluding carboxylic acids is 1. The summed E-state index contributed by atoms with van der Waals surface area (Å²) in [5, 5.41) is 0. The fourth-order valence-electron chi connectivity index (χ4n) is 0.377. The first-order chi connectivity index (χ1) is 4.18. The summed E-state index contributed by atoms with van der Waals surface area (Å²) >= 11 is 0. The van der Waals surface area contributed by atoms with E-state index in [2.05, 4.69) is 0 Å². The van der Waals surface area contributed by atoms with Gasteiger partial charge in [-0.25, -0.2) is 0 Å². The van der Waals surface area contributed by atoms with Gasteiger partial charge < -0.3 is 10.5 Å². The van der Waals surface area contributed by atoms with Crippen molar-refractivity contribution in [3.8, 4) is 0 Å². The van der Waals surface area contributed by atoms with Gasteiger partial charge in [-0.3, -0.25) is 4.79 Å². The van der Waals surface area contributed by atoms with Crippen molar-refractivity contribution in [2.24, 2.45) is 11.7 Å². The van der Waals surface area contributed by atoms with E-state index in [-0.39, 0.29) is 11.8 Å². The van der Waals surface area contributed by atoms with Crippen LogP contribution in [-0.4, -0.2) is 19.1 Å². The molecule has 9 heavy (non-hydrogen) atoms. The number of primary amides is 1. The molecular weight excluding hydrogens is 118 g/mol. The highest BCUT2D eigenvalue weighted by Gasteiger charge is 2.06. The topological polar surface area (TPSA) is 52.3 Å². The second-order valence-electron chi connectivity index (χ2n) is 1.96. The minimum Gasteiger partial charge on any atom is -0.381 e. The van der Waals surface area contributed by atoms with Crippen molar-refractivity contribution < 1.29 is 9.53 Å². The Hall–Kier alpha value is -0.570. The van der Waals surface area contributed by atoms with Crippen molar-refractivity contribution in [1.82, 2.24) is 0 Å². The van der Waals surface area contributed by atoms with Crippen LogP contribution in [0.5, 0.6) is 0 Å². The molecule has 1 atom stereocenters. The highest BCUT2D eigenvalue weighted by molar-refractivity contribution is 5.76. The standard InChI is InChI=1S/C6H13NO2/c1-3-9-4-5(2)6(7)8/h5H,3-4H2,1-2H3,(H2,7,8). The summed E-state index contributed by atoms with van der Waals surface area (Å²) in [5.74, 6) is -0.464. The quantitative estimate of drug-likeness (QED) is 0.590. The fraction of sp³-hybridized carbons (Fsp3) is 0.833. The molecule has 0 bridgehead atoms. The Morgan fingerprint density at radius 2 is 2.33 bits per heavy atom. The molecule has 54 valence electrons. The van der Waals surface area contributed by atoms with Crippen molar-refractivity contribution in [3.05, 3.63) is 0 Å². The summed E-state index contributed by atoms with van der Waals surface area (Å²) in [6.07, 6.45) is 0. The average molecular weight is 131 g/mol.